The lowest BCUT2D eigenvalue weighted by Gasteiger charge is -2.13. The third-order valence-electron chi connectivity index (χ3n) is 4.94. The van der Waals surface area contributed by atoms with E-state index in [1.165, 1.54) is 17.5 Å². The molecule has 0 aliphatic heterocycles. The number of hydrogen-bond acceptors (Lipinski definition) is 4. The van der Waals surface area contributed by atoms with E-state index in [4.69, 9.17) is 0 Å². The number of imidazole rings is 1. The van der Waals surface area contributed by atoms with Gasteiger partial charge in [0.05, 0.1) is 17.6 Å². The van der Waals surface area contributed by atoms with E-state index in [-0.39, 0.29) is 5.91 Å². The Balaban J connectivity index is 1.34. The number of allylic oxidation sites excluding steroid dienone is 1. The summed E-state index contributed by atoms with van der Waals surface area (Å²) in [5.74, 6) is -0.165. The summed E-state index contributed by atoms with van der Waals surface area (Å²) in [4.78, 5) is 18.0. The van der Waals surface area contributed by atoms with Crippen molar-refractivity contribution in [1.82, 2.24) is 14.9 Å². The molecule has 4 rings (SSSR count). The van der Waals surface area contributed by atoms with Crippen LogP contribution in [0, 0.1) is 0 Å². The van der Waals surface area contributed by atoms with Crippen molar-refractivity contribution in [2.24, 2.45) is 0 Å². The van der Waals surface area contributed by atoms with Crippen molar-refractivity contribution < 1.29 is 4.79 Å². The molecule has 1 heterocycles. The second-order valence-corrected chi connectivity index (χ2v) is 8.14. The first-order valence-electron chi connectivity index (χ1n) is 10.3. The van der Waals surface area contributed by atoms with E-state index in [9.17, 15) is 4.79 Å². The summed E-state index contributed by atoms with van der Waals surface area (Å²) >= 11 is 1.46. The lowest BCUT2D eigenvalue weighted by Crippen LogP contribution is -2.23. The van der Waals surface area contributed by atoms with E-state index in [1.807, 2.05) is 77.5 Å². The van der Waals surface area contributed by atoms with Gasteiger partial charge in [-0.1, -0.05) is 49.0 Å². The molecule has 0 saturated heterocycles. The van der Waals surface area contributed by atoms with Gasteiger partial charge in [-0.3, -0.25) is 4.79 Å². The van der Waals surface area contributed by atoms with Crippen molar-refractivity contribution in [2.75, 3.05) is 4.72 Å². The van der Waals surface area contributed by atoms with Crippen LogP contribution >= 0.6 is 11.9 Å². The molecule has 0 radical (unpaired) electrons. The van der Waals surface area contributed by atoms with Gasteiger partial charge in [0.15, 0.2) is 0 Å². The first kappa shape index (κ1) is 21.5. The Bertz CT molecular complexity index is 1170. The van der Waals surface area contributed by atoms with Gasteiger partial charge in [0.25, 0.3) is 5.91 Å². The van der Waals surface area contributed by atoms with Crippen LogP contribution in [0.4, 0.5) is 5.69 Å². The molecule has 2 N–H and O–H groups in total. The average molecular weight is 441 g/mol. The molecule has 1 aromatic heterocycles. The molecular weight excluding hydrogens is 416 g/mol. The van der Waals surface area contributed by atoms with Gasteiger partial charge < -0.3 is 14.6 Å². The van der Waals surface area contributed by atoms with Gasteiger partial charge in [-0.25, -0.2) is 4.98 Å². The highest BCUT2D eigenvalue weighted by molar-refractivity contribution is 8.00. The number of anilines is 1. The van der Waals surface area contributed by atoms with Crippen molar-refractivity contribution >= 4 is 23.5 Å². The summed E-state index contributed by atoms with van der Waals surface area (Å²) in [6.07, 6.45) is 6.96. The number of amides is 1. The Morgan fingerprint density at radius 2 is 1.72 bits per heavy atom. The molecule has 0 fully saturated rings. The standard InChI is InChI=1S/C26H24N4OS/c1-20(11-12-21-7-3-2-4-8-21)28-26(31)24-9-5-6-10-25(24)29-32-23-15-13-22(14-16-23)30-18-17-27-19-30/h2-10,13-19,29H,1,11-12H2,(H,28,31). The first-order chi connectivity index (χ1) is 15.7. The Morgan fingerprint density at radius 1 is 0.969 bits per heavy atom. The van der Waals surface area contributed by atoms with Crippen molar-refractivity contribution in [1.29, 1.82) is 0 Å². The van der Waals surface area contributed by atoms with E-state index < -0.39 is 0 Å². The smallest absolute Gasteiger partial charge is 0.257 e. The Labute approximate surface area is 192 Å². The lowest BCUT2D eigenvalue weighted by atomic mass is 10.1. The monoisotopic (exact) mass is 440 g/mol. The summed E-state index contributed by atoms with van der Waals surface area (Å²) in [5.41, 5.74) is 4.30. The Hall–Kier alpha value is -3.77. The normalized spacial score (nSPS) is 10.5. The molecule has 4 aromatic rings. The maximum Gasteiger partial charge on any atom is 0.257 e. The van der Waals surface area contributed by atoms with Crippen molar-refractivity contribution in [3.05, 3.63) is 121 Å². The molecule has 32 heavy (non-hydrogen) atoms. The Kier molecular flexibility index (Phi) is 7.05. The highest BCUT2D eigenvalue weighted by Gasteiger charge is 2.12. The van der Waals surface area contributed by atoms with Crippen LogP contribution in [0.25, 0.3) is 5.69 Å². The second kappa shape index (κ2) is 10.5. The molecule has 160 valence electrons. The predicted molar refractivity (Wildman–Crippen MR) is 131 cm³/mol. The number of para-hydroxylation sites is 1. The first-order valence-corrected chi connectivity index (χ1v) is 11.1. The largest absolute Gasteiger partial charge is 0.326 e. The zero-order valence-electron chi connectivity index (χ0n) is 17.6. The summed E-state index contributed by atoms with van der Waals surface area (Å²) in [6.45, 7) is 4.02. The molecule has 1 amide bonds. The molecule has 5 nitrogen and oxygen atoms in total. The van der Waals surface area contributed by atoms with Crippen molar-refractivity contribution in [2.45, 2.75) is 17.7 Å². The molecule has 0 bridgehead atoms. The van der Waals surface area contributed by atoms with E-state index in [1.54, 1.807) is 12.5 Å². The van der Waals surface area contributed by atoms with Gasteiger partial charge in [0.1, 0.15) is 0 Å². The van der Waals surface area contributed by atoms with Crippen LogP contribution < -0.4 is 10.0 Å². The lowest BCUT2D eigenvalue weighted by molar-refractivity contribution is 0.0965. The van der Waals surface area contributed by atoms with Crippen LogP contribution in [0.2, 0.25) is 0 Å². The third-order valence-corrected chi connectivity index (χ3v) is 5.77. The predicted octanol–water partition coefficient (Wildman–Crippen LogP) is 5.87. The molecule has 0 atom stereocenters. The highest BCUT2D eigenvalue weighted by atomic mass is 32.2. The van der Waals surface area contributed by atoms with E-state index in [0.717, 1.165) is 22.7 Å². The number of carbonyl (C=O) groups is 1. The number of hydrogen-bond donors (Lipinski definition) is 2. The van der Waals surface area contributed by atoms with Crippen LogP contribution in [-0.2, 0) is 6.42 Å². The fourth-order valence-corrected chi connectivity index (χ4v) is 3.89. The van der Waals surface area contributed by atoms with Crippen LogP contribution in [0.3, 0.4) is 0 Å². The number of nitrogens with one attached hydrogen (secondary N) is 2. The molecule has 0 aliphatic carbocycles. The molecule has 0 unspecified atom stereocenters. The maximum absolute atomic E-state index is 12.8. The quantitative estimate of drug-likeness (QED) is 0.320. The summed E-state index contributed by atoms with van der Waals surface area (Å²) in [7, 11) is 0. The van der Waals surface area contributed by atoms with E-state index >= 15 is 0 Å². The average Bonchev–Trinajstić information content (AvgIpc) is 3.38. The fourth-order valence-electron chi connectivity index (χ4n) is 3.21. The maximum atomic E-state index is 12.8. The number of nitrogens with zero attached hydrogens (tertiary/aromatic N) is 2. The topological polar surface area (TPSA) is 59.0 Å². The third kappa shape index (κ3) is 5.68. The van der Waals surface area contributed by atoms with Crippen LogP contribution in [0.5, 0.6) is 0 Å². The zero-order valence-corrected chi connectivity index (χ0v) is 18.4. The number of aryl methyl sites for hydroxylation is 1. The summed E-state index contributed by atoms with van der Waals surface area (Å²) < 4.78 is 5.25. The molecule has 0 aliphatic rings. The van der Waals surface area contributed by atoms with Crippen LogP contribution in [0.15, 0.2) is 115 Å². The van der Waals surface area contributed by atoms with Gasteiger partial charge in [0, 0.05) is 28.7 Å². The van der Waals surface area contributed by atoms with Crippen LogP contribution in [0.1, 0.15) is 22.3 Å². The minimum absolute atomic E-state index is 0.165. The molecule has 6 heteroatoms. The van der Waals surface area contributed by atoms with Gasteiger partial charge >= 0.3 is 0 Å². The minimum Gasteiger partial charge on any atom is -0.326 e. The van der Waals surface area contributed by atoms with Gasteiger partial charge in [-0.05, 0) is 66.8 Å². The van der Waals surface area contributed by atoms with Crippen molar-refractivity contribution in [3.63, 3.8) is 0 Å². The van der Waals surface area contributed by atoms with Gasteiger partial charge in [0.2, 0.25) is 0 Å². The van der Waals surface area contributed by atoms with E-state index in [0.29, 0.717) is 17.7 Å². The number of aromatic nitrogens is 2. The Morgan fingerprint density at radius 3 is 2.47 bits per heavy atom. The summed E-state index contributed by atoms with van der Waals surface area (Å²) in [5, 5.41) is 2.94. The van der Waals surface area contributed by atoms with Gasteiger partial charge in [-0.15, -0.1) is 0 Å². The molecule has 3 aromatic carbocycles. The number of benzene rings is 3. The van der Waals surface area contributed by atoms with Gasteiger partial charge in [-0.2, -0.15) is 0 Å². The van der Waals surface area contributed by atoms with Crippen LogP contribution in [-0.4, -0.2) is 15.5 Å². The molecular formula is C26H24N4OS. The molecule has 0 spiro atoms. The highest BCUT2D eigenvalue weighted by Crippen LogP contribution is 2.25. The summed E-state index contributed by atoms with van der Waals surface area (Å²) in [6, 6.07) is 25.8. The minimum atomic E-state index is -0.165. The molecule has 0 saturated carbocycles. The SMILES string of the molecule is C=C(CCc1ccccc1)NC(=O)c1ccccc1NSc1ccc(-n2ccnc2)cc1. The van der Waals surface area contributed by atoms with Crippen molar-refractivity contribution in [3.8, 4) is 5.69 Å². The fraction of sp³-hybridized carbons (Fsp3) is 0.0769. The number of carbonyl (C=O) groups excluding carboxylic acids is 1. The number of rotatable bonds is 9. The van der Waals surface area contributed by atoms with E-state index in [2.05, 4.69) is 33.7 Å². The second-order valence-electron chi connectivity index (χ2n) is 7.26. The zero-order chi connectivity index (χ0) is 22.2.